The molecular weight excluding hydrogens is 180 g/mol. The second-order valence-electron chi connectivity index (χ2n) is 5.61. The Bertz CT molecular complexity index is 360. The molecule has 0 spiro atoms. The molecule has 0 saturated heterocycles. The second-order valence-corrected chi connectivity index (χ2v) is 5.61. The van der Waals surface area contributed by atoms with Crippen LogP contribution in [0, 0.1) is 0 Å². The highest BCUT2D eigenvalue weighted by Gasteiger charge is 2.29. The summed E-state index contributed by atoms with van der Waals surface area (Å²) >= 11 is 0. The van der Waals surface area contributed by atoms with Crippen LogP contribution >= 0.6 is 0 Å². The normalized spacial score (nSPS) is 20.0. The Morgan fingerprint density at radius 2 is 2.07 bits per heavy atom. The van der Waals surface area contributed by atoms with Crippen molar-refractivity contribution in [3.63, 3.8) is 0 Å². The predicted octanol–water partition coefficient (Wildman–Crippen LogP) is 4.42. The van der Waals surface area contributed by atoms with Gasteiger partial charge in [0, 0.05) is 0 Å². The third-order valence-corrected chi connectivity index (χ3v) is 4.06. The lowest BCUT2D eigenvalue weighted by Crippen LogP contribution is -2.12. The number of fused-ring (bicyclic) bond motifs is 1. The van der Waals surface area contributed by atoms with Gasteiger partial charge in [-0.2, -0.15) is 0 Å². The summed E-state index contributed by atoms with van der Waals surface area (Å²) in [4.78, 5) is 0. The van der Waals surface area contributed by atoms with Crippen molar-refractivity contribution >= 4 is 0 Å². The summed E-state index contributed by atoms with van der Waals surface area (Å²) < 4.78 is 0. The van der Waals surface area contributed by atoms with Gasteiger partial charge in [-0.25, -0.2) is 0 Å². The van der Waals surface area contributed by atoms with E-state index < -0.39 is 0 Å². The number of hydrogen-bond donors (Lipinski definition) is 0. The molecule has 0 heterocycles. The highest BCUT2D eigenvalue weighted by atomic mass is 14.3. The van der Waals surface area contributed by atoms with Gasteiger partial charge in [-0.05, 0) is 47.3 Å². The van der Waals surface area contributed by atoms with E-state index in [1.807, 2.05) is 0 Å². The molecule has 0 amide bonds. The van der Waals surface area contributed by atoms with E-state index in [9.17, 15) is 0 Å². The smallest absolute Gasteiger partial charge is 0.00976 e. The van der Waals surface area contributed by atoms with Gasteiger partial charge in [0.1, 0.15) is 0 Å². The Morgan fingerprint density at radius 3 is 2.73 bits per heavy atom. The van der Waals surface area contributed by atoms with Gasteiger partial charge in [0.15, 0.2) is 0 Å². The maximum Gasteiger partial charge on any atom is -0.00976 e. The van der Waals surface area contributed by atoms with Crippen molar-refractivity contribution < 1.29 is 0 Å². The Labute approximate surface area is 93.7 Å². The largest absolute Gasteiger partial charge is 0.0648 e. The Hall–Kier alpha value is -0.780. The maximum absolute atomic E-state index is 2.45. The summed E-state index contributed by atoms with van der Waals surface area (Å²) in [5.74, 6) is 0.701. The van der Waals surface area contributed by atoms with E-state index in [2.05, 4.69) is 45.9 Å². The van der Waals surface area contributed by atoms with Crippen LogP contribution in [-0.4, -0.2) is 0 Å². The number of benzene rings is 1. The summed E-state index contributed by atoms with van der Waals surface area (Å²) in [6.07, 6.45) is 3.81. The van der Waals surface area contributed by atoms with Gasteiger partial charge in [-0.15, -0.1) is 0 Å². The average Bonchev–Trinajstić information content (AvgIpc) is 2.53. The molecule has 1 aliphatic carbocycles. The molecule has 0 bridgehead atoms. The van der Waals surface area contributed by atoms with E-state index >= 15 is 0 Å². The van der Waals surface area contributed by atoms with Crippen molar-refractivity contribution in [1.82, 2.24) is 0 Å². The third kappa shape index (κ3) is 1.82. The summed E-state index contributed by atoms with van der Waals surface area (Å²) in [5, 5.41) is 0. The van der Waals surface area contributed by atoms with E-state index in [-0.39, 0.29) is 0 Å². The molecule has 1 atom stereocenters. The molecule has 0 fully saturated rings. The topological polar surface area (TPSA) is 0 Å². The van der Waals surface area contributed by atoms with Gasteiger partial charge in [0.2, 0.25) is 0 Å². The van der Waals surface area contributed by atoms with E-state index in [0.717, 1.165) is 0 Å². The summed E-state index contributed by atoms with van der Waals surface area (Å²) in [5.41, 5.74) is 5.09. The van der Waals surface area contributed by atoms with E-state index in [1.54, 1.807) is 11.1 Å². The van der Waals surface area contributed by atoms with Crippen molar-refractivity contribution in [3.8, 4) is 0 Å². The van der Waals surface area contributed by atoms with Crippen LogP contribution in [0.15, 0.2) is 18.2 Å². The molecule has 1 aromatic carbocycles. The molecule has 0 saturated carbocycles. The first-order valence-electron chi connectivity index (χ1n) is 6.18. The molecule has 82 valence electrons. The summed E-state index contributed by atoms with van der Waals surface area (Å²) in [6, 6.07) is 7.14. The van der Waals surface area contributed by atoms with Crippen LogP contribution in [0.3, 0.4) is 0 Å². The van der Waals surface area contributed by atoms with Crippen LogP contribution < -0.4 is 0 Å². The van der Waals surface area contributed by atoms with Gasteiger partial charge in [-0.3, -0.25) is 0 Å². The standard InChI is InChI=1S/C15H22/c1-5-11(2)13-7-6-12-8-9-15(3,4)14(12)10-13/h6-7,10-11H,5,8-9H2,1-4H3. The Balaban J connectivity index is 2.41. The number of aryl methyl sites for hydroxylation is 1. The lowest BCUT2D eigenvalue weighted by molar-refractivity contribution is 0.521. The van der Waals surface area contributed by atoms with Crippen LogP contribution in [0.2, 0.25) is 0 Å². The van der Waals surface area contributed by atoms with Gasteiger partial charge in [0.25, 0.3) is 0 Å². The number of rotatable bonds is 2. The Morgan fingerprint density at radius 1 is 1.33 bits per heavy atom. The first-order chi connectivity index (χ1) is 7.04. The van der Waals surface area contributed by atoms with Crippen LogP contribution in [0.5, 0.6) is 0 Å². The molecule has 1 aliphatic rings. The minimum absolute atomic E-state index is 0.402. The quantitative estimate of drug-likeness (QED) is 0.665. The van der Waals surface area contributed by atoms with Crippen LogP contribution in [0.1, 0.15) is 63.1 Å². The minimum atomic E-state index is 0.402. The highest BCUT2D eigenvalue weighted by molar-refractivity contribution is 5.41. The summed E-state index contributed by atoms with van der Waals surface area (Å²) in [7, 11) is 0. The average molecular weight is 202 g/mol. The lowest BCUT2D eigenvalue weighted by Gasteiger charge is -2.20. The molecule has 1 unspecified atom stereocenters. The molecule has 0 nitrogen and oxygen atoms in total. The minimum Gasteiger partial charge on any atom is -0.0648 e. The van der Waals surface area contributed by atoms with Gasteiger partial charge < -0.3 is 0 Å². The molecule has 0 heteroatoms. The SMILES string of the molecule is CCC(C)c1ccc2c(c1)C(C)(C)CC2. The highest BCUT2D eigenvalue weighted by Crippen LogP contribution is 2.39. The van der Waals surface area contributed by atoms with Crippen molar-refractivity contribution in [2.24, 2.45) is 0 Å². The molecule has 2 rings (SSSR count). The van der Waals surface area contributed by atoms with E-state index in [1.165, 1.54) is 24.8 Å². The van der Waals surface area contributed by atoms with Crippen molar-refractivity contribution in [1.29, 1.82) is 0 Å². The van der Waals surface area contributed by atoms with E-state index in [4.69, 9.17) is 0 Å². The van der Waals surface area contributed by atoms with Gasteiger partial charge in [0.05, 0.1) is 0 Å². The zero-order valence-electron chi connectivity index (χ0n) is 10.4. The third-order valence-electron chi connectivity index (χ3n) is 4.06. The van der Waals surface area contributed by atoms with Crippen molar-refractivity contribution in [2.45, 2.75) is 58.3 Å². The Kier molecular flexibility index (Phi) is 2.62. The fraction of sp³-hybridized carbons (Fsp3) is 0.600. The monoisotopic (exact) mass is 202 g/mol. The molecule has 0 aromatic heterocycles. The predicted molar refractivity (Wildman–Crippen MR) is 66.5 cm³/mol. The van der Waals surface area contributed by atoms with Crippen LogP contribution in [0.25, 0.3) is 0 Å². The summed E-state index contributed by atoms with van der Waals surface area (Å²) in [6.45, 7) is 9.34. The van der Waals surface area contributed by atoms with Gasteiger partial charge >= 0.3 is 0 Å². The molecule has 15 heavy (non-hydrogen) atoms. The molecule has 0 N–H and O–H groups in total. The maximum atomic E-state index is 2.45. The van der Waals surface area contributed by atoms with E-state index in [0.29, 0.717) is 11.3 Å². The first kappa shape index (κ1) is 10.7. The second kappa shape index (κ2) is 3.66. The fourth-order valence-electron chi connectivity index (χ4n) is 2.57. The fourth-order valence-corrected chi connectivity index (χ4v) is 2.57. The molecule has 0 radical (unpaired) electrons. The molecule has 1 aromatic rings. The zero-order chi connectivity index (χ0) is 11.1. The van der Waals surface area contributed by atoms with Crippen molar-refractivity contribution in [2.75, 3.05) is 0 Å². The molecule has 0 aliphatic heterocycles. The van der Waals surface area contributed by atoms with Gasteiger partial charge in [-0.1, -0.05) is 45.9 Å². The zero-order valence-corrected chi connectivity index (χ0v) is 10.4. The molecular formula is C15H22. The number of hydrogen-bond acceptors (Lipinski definition) is 0. The first-order valence-corrected chi connectivity index (χ1v) is 6.18. The van der Waals surface area contributed by atoms with Crippen LogP contribution in [-0.2, 0) is 11.8 Å². The van der Waals surface area contributed by atoms with Crippen LogP contribution in [0.4, 0.5) is 0 Å². The van der Waals surface area contributed by atoms with Crippen molar-refractivity contribution in [3.05, 3.63) is 34.9 Å². The lowest BCUT2D eigenvalue weighted by atomic mass is 9.84.